The van der Waals surface area contributed by atoms with Crippen LogP contribution in [0.3, 0.4) is 0 Å². The summed E-state index contributed by atoms with van der Waals surface area (Å²) in [6.45, 7) is 0. The molecule has 0 bridgehead atoms. The van der Waals surface area contributed by atoms with Gasteiger partial charge >= 0.3 is 0 Å². The predicted molar refractivity (Wildman–Crippen MR) is 105 cm³/mol. The second-order valence-corrected chi connectivity index (χ2v) is 6.18. The van der Waals surface area contributed by atoms with Crippen LogP contribution in [0, 0.1) is 10.1 Å². The Balaban J connectivity index is 1.86. The highest BCUT2D eigenvalue weighted by Crippen LogP contribution is 2.36. The molecule has 7 nitrogen and oxygen atoms in total. The zero-order valence-electron chi connectivity index (χ0n) is 15.5. The summed E-state index contributed by atoms with van der Waals surface area (Å²) in [5.41, 5.74) is 2.85. The maximum Gasteiger partial charge on any atom is 0.276 e. The fourth-order valence-corrected chi connectivity index (χ4v) is 3.00. The van der Waals surface area contributed by atoms with E-state index in [4.69, 9.17) is 9.47 Å². The van der Waals surface area contributed by atoms with Gasteiger partial charge in [-0.1, -0.05) is 30.3 Å². The highest BCUT2D eigenvalue weighted by atomic mass is 16.6. The van der Waals surface area contributed by atoms with E-state index in [0.717, 1.165) is 11.1 Å². The summed E-state index contributed by atoms with van der Waals surface area (Å²) in [6, 6.07) is 14.0. The van der Waals surface area contributed by atoms with Crippen LogP contribution < -0.4 is 9.47 Å². The van der Waals surface area contributed by atoms with Crippen LogP contribution in [0.4, 0.5) is 5.69 Å². The highest BCUT2D eigenvalue weighted by Gasteiger charge is 2.22. The molecule has 2 aromatic carbocycles. The molecule has 0 radical (unpaired) electrons. The van der Waals surface area contributed by atoms with Gasteiger partial charge in [-0.25, -0.2) is 0 Å². The Bertz CT molecular complexity index is 959. The summed E-state index contributed by atoms with van der Waals surface area (Å²) in [4.78, 5) is 15.0. The average molecular weight is 380 g/mol. The van der Waals surface area contributed by atoms with Crippen molar-refractivity contribution >= 4 is 5.69 Å². The molecule has 1 unspecified atom stereocenters. The quantitative estimate of drug-likeness (QED) is 0.493. The normalized spacial score (nSPS) is 11.7. The maximum atomic E-state index is 11.4. The van der Waals surface area contributed by atoms with Gasteiger partial charge in [0.2, 0.25) is 0 Å². The minimum absolute atomic E-state index is 0.0723. The standard InChI is InChI=1S/C21H20N2O5/c1-27-20-11-17(18(23(25)26)12-21(20)28-2)10-19(24)15-7-5-14(6-8-15)16-4-3-9-22-13-16/h3-9,11-13,19,24H,10H2,1-2H3. The Morgan fingerprint density at radius 1 is 1.07 bits per heavy atom. The molecule has 1 atom stereocenters. The van der Waals surface area contributed by atoms with Gasteiger partial charge in [-0.2, -0.15) is 0 Å². The van der Waals surface area contributed by atoms with E-state index < -0.39 is 11.0 Å². The van der Waals surface area contributed by atoms with E-state index >= 15 is 0 Å². The first kappa shape index (κ1) is 19.3. The van der Waals surface area contributed by atoms with Crippen molar-refractivity contribution in [3.05, 3.63) is 82.2 Å². The molecule has 1 heterocycles. The predicted octanol–water partition coefficient (Wildman–Crippen LogP) is 3.95. The van der Waals surface area contributed by atoms with Crippen molar-refractivity contribution in [1.82, 2.24) is 4.98 Å². The van der Waals surface area contributed by atoms with E-state index in [1.807, 2.05) is 24.3 Å². The molecule has 0 aliphatic carbocycles. The molecule has 28 heavy (non-hydrogen) atoms. The molecule has 0 amide bonds. The molecule has 1 N–H and O–H groups in total. The summed E-state index contributed by atoms with van der Waals surface area (Å²) in [5, 5.41) is 22.1. The fourth-order valence-electron chi connectivity index (χ4n) is 3.00. The molecule has 0 fully saturated rings. The van der Waals surface area contributed by atoms with E-state index in [9.17, 15) is 15.2 Å². The van der Waals surface area contributed by atoms with Gasteiger partial charge in [0.15, 0.2) is 11.5 Å². The molecule has 7 heteroatoms. The monoisotopic (exact) mass is 380 g/mol. The number of aliphatic hydroxyl groups is 1. The molecule has 0 saturated heterocycles. The number of methoxy groups -OCH3 is 2. The van der Waals surface area contributed by atoms with E-state index in [1.54, 1.807) is 24.5 Å². The maximum absolute atomic E-state index is 11.4. The fraction of sp³-hybridized carbons (Fsp3) is 0.190. The van der Waals surface area contributed by atoms with Crippen LogP contribution in [0.25, 0.3) is 11.1 Å². The topological polar surface area (TPSA) is 94.7 Å². The minimum Gasteiger partial charge on any atom is -0.493 e. The largest absolute Gasteiger partial charge is 0.493 e. The Morgan fingerprint density at radius 3 is 2.32 bits per heavy atom. The highest BCUT2D eigenvalue weighted by molar-refractivity contribution is 5.62. The molecular formula is C21H20N2O5. The Hall–Kier alpha value is -3.45. The van der Waals surface area contributed by atoms with Crippen molar-refractivity contribution in [1.29, 1.82) is 0 Å². The van der Waals surface area contributed by atoms with Crippen LogP contribution in [-0.4, -0.2) is 29.2 Å². The van der Waals surface area contributed by atoms with E-state index in [-0.39, 0.29) is 17.9 Å². The van der Waals surface area contributed by atoms with Crippen LogP contribution in [0.15, 0.2) is 60.9 Å². The lowest BCUT2D eigenvalue weighted by atomic mass is 9.97. The summed E-state index contributed by atoms with van der Waals surface area (Å²) in [6.07, 6.45) is 2.64. The first-order valence-electron chi connectivity index (χ1n) is 8.61. The first-order chi connectivity index (χ1) is 13.5. The van der Waals surface area contributed by atoms with Gasteiger partial charge in [0, 0.05) is 24.4 Å². The number of hydrogen-bond donors (Lipinski definition) is 1. The van der Waals surface area contributed by atoms with Crippen molar-refractivity contribution in [3.8, 4) is 22.6 Å². The molecule has 3 aromatic rings. The second kappa shape index (κ2) is 8.49. The number of rotatable bonds is 7. The zero-order chi connectivity index (χ0) is 20.1. The number of hydrogen-bond acceptors (Lipinski definition) is 6. The summed E-state index contributed by atoms with van der Waals surface area (Å²) >= 11 is 0. The first-order valence-corrected chi connectivity index (χ1v) is 8.61. The van der Waals surface area contributed by atoms with Crippen LogP contribution in [0.5, 0.6) is 11.5 Å². The van der Waals surface area contributed by atoms with Gasteiger partial charge in [0.05, 0.1) is 31.3 Å². The molecule has 1 aromatic heterocycles. The summed E-state index contributed by atoms with van der Waals surface area (Å²) in [7, 11) is 2.88. The van der Waals surface area contributed by atoms with Gasteiger partial charge < -0.3 is 14.6 Å². The molecule has 3 rings (SSSR count). The van der Waals surface area contributed by atoms with E-state index in [1.165, 1.54) is 26.4 Å². The lowest BCUT2D eigenvalue weighted by molar-refractivity contribution is -0.385. The number of aliphatic hydroxyl groups excluding tert-OH is 1. The van der Waals surface area contributed by atoms with Crippen molar-refractivity contribution in [2.45, 2.75) is 12.5 Å². The van der Waals surface area contributed by atoms with Crippen LogP contribution in [0.1, 0.15) is 17.2 Å². The Kier molecular flexibility index (Phi) is 5.86. The van der Waals surface area contributed by atoms with E-state index in [0.29, 0.717) is 16.9 Å². The number of benzene rings is 2. The Morgan fingerprint density at radius 2 is 1.75 bits per heavy atom. The SMILES string of the molecule is COc1cc(CC(O)c2ccc(-c3cccnc3)cc2)c([N+](=O)[O-])cc1OC. The Labute approximate surface area is 162 Å². The second-order valence-electron chi connectivity index (χ2n) is 6.18. The third-order valence-electron chi connectivity index (χ3n) is 4.49. The van der Waals surface area contributed by atoms with Crippen molar-refractivity contribution in [2.24, 2.45) is 0 Å². The lowest BCUT2D eigenvalue weighted by Crippen LogP contribution is -2.05. The van der Waals surface area contributed by atoms with Gasteiger partial charge in [0.25, 0.3) is 5.69 Å². The number of ether oxygens (including phenoxy) is 2. The molecule has 0 aliphatic heterocycles. The van der Waals surface area contributed by atoms with Gasteiger partial charge in [0.1, 0.15) is 0 Å². The third-order valence-corrected chi connectivity index (χ3v) is 4.49. The van der Waals surface area contributed by atoms with Gasteiger partial charge in [-0.3, -0.25) is 15.1 Å². The third kappa shape index (κ3) is 4.10. The molecule has 144 valence electrons. The molecular weight excluding hydrogens is 360 g/mol. The number of nitrogens with zero attached hydrogens (tertiary/aromatic N) is 2. The van der Waals surface area contributed by atoms with E-state index in [2.05, 4.69) is 4.98 Å². The lowest BCUT2D eigenvalue weighted by Gasteiger charge is -2.14. The number of aromatic nitrogens is 1. The summed E-state index contributed by atoms with van der Waals surface area (Å²) in [5.74, 6) is 0.649. The van der Waals surface area contributed by atoms with Crippen LogP contribution >= 0.6 is 0 Å². The van der Waals surface area contributed by atoms with Crippen LogP contribution in [-0.2, 0) is 6.42 Å². The van der Waals surface area contributed by atoms with Crippen molar-refractivity contribution in [2.75, 3.05) is 14.2 Å². The average Bonchev–Trinajstić information content (AvgIpc) is 2.73. The number of nitro benzene ring substituents is 1. The number of pyridine rings is 1. The molecule has 0 saturated carbocycles. The van der Waals surface area contributed by atoms with Crippen LogP contribution in [0.2, 0.25) is 0 Å². The summed E-state index contributed by atoms with van der Waals surface area (Å²) < 4.78 is 10.4. The minimum atomic E-state index is -0.903. The zero-order valence-corrected chi connectivity index (χ0v) is 15.5. The van der Waals surface area contributed by atoms with Gasteiger partial charge in [-0.05, 0) is 28.8 Å². The van der Waals surface area contributed by atoms with Crippen molar-refractivity contribution < 1.29 is 19.5 Å². The smallest absolute Gasteiger partial charge is 0.276 e. The van der Waals surface area contributed by atoms with Crippen molar-refractivity contribution in [3.63, 3.8) is 0 Å². The van der Waals surface area contributed by atoms with Gasteiger partial charge in [-0.15, -0.1) is 0 Å². The molecule has 0 spiro atoms. The molecule has 0 aliphatic rings. The number of nitro groups is 1.